The van der Waals surface area contributed by atoms with E-state index in [1.807, 2.05) is 9.80 Å². The number of nitro groups is 1. The van der Waals surface area contributed by atoms with Gasteiger partial charge in [0.25, 0.3) is 5.69 Å². The molecule has 0 radical (unpaired) electrons. The van der Waals surface area contributed by atoms with Crippen molar-refractivity contribution in [2.75, 3.05) is 42.9 Å². The Labute approximate surface area is 150 Å². The fourth-order valence-corrected chi connectivity index (χ4v) is 2.96. The van der Waals surface area contributed by atoms with Crippen molar-refractivity contribution in [2.24, 2.45) is 0 Å². The Morgan fingerprint density at radius 3 is 2.54 bits per heavy atom. The van der Waals surface area contributed by atoms with E-state index in [2.05, 4.69) is 5.32 Å². The van der Waals surface area contributed by atoms with Gasteiger partial charge in [-0.3, -0.25) is 19.8 Å². The van der Waals surface area contributed by atoms with Gasteiger partial charge in [-0.15, -0.1) is 0 Å². The van der Waals surface area contributed by atoms with Gasteiger partial charge < -0.3 is 10.2 Å². The van der Waals surface area contributed by atoms with E-state index in [-0.39, 0.29) is 24.0 Å². The van der Waals surface area contributed by atoms with Gasteiger partial charge in [-0.05, 0) is 18.2 Å². The summed E-state index contributed by atoms with van der Waals surface area (Å²) in [5.41, 5.74) is 0.906. The van der Waals surface area contributed by atoms with Crippen molar-refractivity contribution in [3.8, 4) is 0 Å². The highest BCUT2D eigenvalue weighted by atomic mass is 19.1. The van der Waals surface area contributed by atoms with Crippen LogP contribution in [-0.2, 0) is 4.79 Å². The molecule has 1 amide bonds. The van der Waals surface area contributed by atoms with Crippen molar-refractivity contribution >= 4 is 23.0 Å². The van der Waals surface area contributed by atoms with Crippen LogP contribution in [0.5, 0.6) is 0 Å². The molecule has 1 N–H and O–H groups in total. The van der Waals surface area contributed by atoms with Crippen molar-refractivity contribution in [1.82, 2.24) is 4.90 Å². The van der Waals surface area contributed by atoms with E-state index in [4.69, 9.17) is 0 Å². The van der Waals surface area contributed by atoms with Crippen molar-refractivity contribution in [3.63, 3.8) is 0 Å². The number of benzene rings is 2. The number of carbonyl (C=O) groups is 1. The first-order valence-electron chi connectivity index (χ1n) is 8.29. The SMILES string of the molecule is O=C(CN1CCN(c2ccccc2F)CC1)Nc1cccc([N+](=O)[O-])c1. The van der Waals surface area contributed by atoms with Crippen LogP contribution in [0.3, 0.4) is 0 Å². The zero-order valence-electron chi connectivity index (χ0n) is 14.1. The van der Waals surface area contributed by atoms with Crippen LogP contribution in [0.25, 0.3) is 0 Å². The van der Waals surface area contributed by atoms with Crippen molar-refractivity contribution < 1.29 is 14.1 Å². The Morgan fingerprint density at radius 2 is 1.85 bits per heavy atom. The van der Waals surface area contributed by atoms with Crippen LogP contribution in [0.15, 0.2) is 48.5 Å². The minimum Gasteiger partial charge on any atom is -0.367 e. The first-order chi connectivity index (χ1) is 12.5. The second-order valence-electron chi connectivity index (χ2n) is 6.07. The summed E-state index contributed by atoms with van der Waals surface area (Å²) in [7, 11) is 0. The first kappa shape index (κ1) is 17.8. The van der Waals surface area contributed by atoms with Crippen LogP contribution in [0.2, 0.25) is 0 Å². The number of hydrogen-bond donors (Lipinski definition) is 1. The maximum atomic E-state index is 13.8. The molecular weight excluding hydrogens is 339 g/mol. The number of piperazine rings is 1. The minimum absolute atomic E-state index is 0.0682. The van der Waals surface area contributed by atoms with Crippen molar-refractivity contribution in [2.45, 2.75) is 0 Å². The summed E-state index contributed by atoms with van der Waals surface area (Å²) in [6.45, 7) is 2.72. The third-order valence-corrected chi connectivity index (χ3v) is 4.27. The molecule has 0 unspecified atom stereocenters. The normalized spacial score (nSPS) is 14.9. The number of para-hydroxylation sites is 1. The zero-order chi connectivity index (χ0) is 18.5. The zero-order valence-corrected chi connectivity index (χ0v) is 14.1. The molecule has 1 heterocycles. The highest BCUT2D eigenvalue weighted by molar-refractivity contribution is 5.92. The number of anilines is 2. The van der Waals surface area contributed by atoms with E-state index in [1.165, 1.54) is 24.3 Å². The molecular formula is C18H19FN4O3. The topological polar surface area (TPSA) is 78.7 Å². The molecule has 2 aromatic carbocycles. The Morgan fingerprint density at radius 1 is 1.12 bits per heavy atom. The van der Waals surface area contributed by atoms with Gasteiger partial charge in [0, 0.05) is 44.0 Å². The molecule has 0 spiro atoms. The first-order valence-corrected chi connectivity index (χ1v) is 8.29. The maximum absolute atomic E-state index is 13.8. The fourth-order valence-electron chi connectivity index (χ4n) is 2.96. The molecule has 0 bridgehead atoms. The summed E-state index contributed by atoms with van der Waals surface area (Å²) in [6, 6.07) is 12.5. The standard InChI is InChI=1S/C18H19FN4O3/c19-16-6-1-2-7-17(16)22-10-8-21(9-11-22)13-18(24)20-14-4-3-5-15(12-14)23(25)26/h1-7,12H,8-11,13H2,(H,20,24). The number of halogens is 1. The average molecular weight is 358 g/mol. The van der Waals surface area contributed by atoms with Gasteiger partial charge in [0.1, 0.15) is 5.82 Å². The summed E-state index contributed by atoms with van der Waals surface area (Å²) < 4.78 is 13.8. The van der Waals surface area contributed by atoms with Gasteiger partial charge in [0.05, 0.1) is 17.2 Å². The smallest absolute Gasteiger partial charge is 0.271 e. The van der Waals surface area contributed by atoms with E-state index >= 15 is 0 Å². The summed E-state index contributed by atoms with van der Waals surface area (Å²) >= 11 is 0. The third-order valence-electron chi connectivity index (χ3n) is 4.27. The molecule has 26 heavy (non-hydrogen) atoms. The number of carbonyl (C=O) groups excluding carboxylic acids is 1. The average Bonchev–Trinajstić information content (AvgIpc) is 2.63. The molecule has 2 aromatic rings. The molecule has 0 aliphatic carbocycles. The van der Waals surface area contributed by atoms with Crippen molar-refractivity contribution in [1.29, 1.82) is 0 Å². The van der Waals surface area contributed by atoms with Crippen LogP contribution < -0.4 is 10.2 Å². The molecule has 0 aromatic heterocycles. The summed E-state index contributed by atoms with van der Waals surface area (Å²) in [6.07, 6.45) is 0. The molecule has 1 aliphatic heterocycles. The Kier molecular flexibility index (Phi) is 5.43. The van der Waals surface area contributed by atoms with E-state index < -0.39 is 4.92 Å². The van der Waals surface area contributed by atoms with Gasteiger partial charge >= 0.3 is 0 Å². The van der Waals surface area contributed by atoms with E-state index in [0.29, 0.717) is 37.6 Å². The van der Waals surface area contributed by atoms with E-state index in [9.17, 15) is 19.3 Å². The number of non-ortho nitro benzene ring substituents is 1. The molecule has 1 fully saturated rings. The molecule has 1 saturated heterocycles. The number of nitrogens with one attached hydrogen (secondary N) is 1. The second kappa shape index (κ2) is 7.92. The molecule has 136 valence electrons. The predicted molar refractivity (Wildman–Crippen MR) is 96.8 cm³/mol. The van der Waals surface area contributed by atoms with Crippen LogP contribution in [-0.4, -0.2) is 48.5 Å². The number of nitro benzene ring substituents is 1. The lowest BCUT2D eigenvalue weighted by Gasteiger charge is -2.35. The van der Waals surface area contributed by atoms with Gasteiger partial charge in [-0.1, -0.05) is 18.2 Å². The van der Waals surface area contributed by atoms with Crippen LogP contribution >= 0.6 is 0 Å². The summed E-state index contributed by atoms with van der Waals surface area (Å²) in [5.74, 6) is -0.478. The van der Waals surface area contributed by atoms with Crippen LogP contribution in [0.1, 0.15) is 0 Å². The predicted octanol–water partition coefficient (Wildman–Crippen LogP) is 2.49. The maximum Gasteiger partial charge on any atom is 0.271 e. The van der Waals surface area contributed by atoms with Gasteiger partial charge in [-0.25, -0.2) is 4.39 Å². The molecule has 0 saturated carbocycles. The Bertz CT molecular complexity index is 807. The van der Waals surface area contributed by atoms with Crippen LogP contribution in [0, 0.1) is 15.9 Å². The molecule has 0 atom stereocenters. The minimum atomic E-state index is -0.502. The van der Waals surface area contributed by atoms with Crippen molar-refractivity contribution in [3.05, 3.63) is 64.5 Å². The summed E-state index contributed by atoms with van der Waals surface area (Å²) in [5, 5.41) is 13.5. The van der Waals surface area contributed by atoms with Gasteiger partial charge in [0.2, 0.25) is 5.91 Å². The highest BCUT2D eigenvalue weighted by Crippen LogP contribution is 2.20. The molecule has 3 rings (SSSR count). The Hall–Kier alpha value is -3.00. The number of nitrogens with zero attached hydrogens (tertiary/aromatic N) is 3. The number of amides is 1. The lowest BCUT2D eigenvalue weighted by atomic mass is 10.2. The molecule has 1 aliphatic rings. The molecule has 8 heteroatoms. The highest BCUT2D eigenvalue weighted by Gasteiger charge is 2.21. The van der Waals surface area contributed by atoms with Gasteiger partial charge in [-0.2, -0.15) is 0 Å². The lowest BCUT2D eigenvalue weighted by molar-refractivity contribution is -0.384. The number of hydrogen-bond acceptors (Lipinski definition) is 5. The third kappa shape index (κ3) is 4.34. The van der Waals surface area contributed by atoms with Gasteiger partial charge in [0.15, 0.2) is 0 Å². The number of rotatable bonds is 5. The second-order valence-corrected chi connectivity index (χ2v) is 6.07. The quantitative estimate of drug-likeness (QED) is 0.656. The Balaban J connectivity index is 1.51. The summed E-state index contributed by atoms with van der Waals surface area (Å²) in [4.78, 5) is 26.4. The fraction of sp³-hybridized carbons (Fsp3) is 0.278. The van der Waals surface area contributed by atoms with Crippen LogP contribution in [0.4, 0.5) is 21.5 Å². The largest absolute Gasteiger partial charge is 0.367 e. The molecule has 7 nitrogen and oxygen atoms in total. The van der Waals surface area contributed by atoms with E-state index in [0.717, 1.165) is 0 Å². The lowest BCUT2D eigenvalue weighted by Crippen LogP contribution is -2.48. The monoisotopic (exact) mass is 358 g/mol. The van der Waals surface area contributed by atoms with E-state index in [1.54, 1.807) is 24.3 Å².